The van der Waals surface area contributed by atoms with Gasteiger partial charge in [0.15, 0.2) is 0 Å². The average molecular weight is 567 g/mol. The van der Waals surface area contributed by atoms with Crippen molar-refractivity contribution in [1.82, 2.24) is 9.88 Å². The maximum Gasteiger partial charge on any atom is 0.255 e. The molecule has 6 rings (SSSR count). The number of hydrogen-bond donors (Lipinski definition) is 2. The Morgan fingerprint density at radius 2 is 1.67 bits per heavy atom. The Kier molecular flexibility index (Phi) is 7.48. The number of benzene rings is 3. The first-order valence-corrected chi connectivity index (χ1v) is 13.9. The van der Waals surface area contributed by atoms with Crippen molar-refractivity contribution in [2.45, 2.75) is 25.4 Å². The molecule has 2 N–H and O–H groups in total. The lowest BCUT2D eigenvalue weighted by molar-refractivity contribution is 0.0949. The molecule has 42 heavy (non-hydrogen) atoms. The lowest BCUT2D eigenvalue weighted by Crippen LogP contribution is -2.47. The standard InChI is InChI=1S/C33H31FN4O4/c1-42-27-12-5-21(6-13-27)17-35-32(40)24-9-14-30(28(16-24)36-33(41)23-7-10-26(34)11-8-23)37-18-22-15-25(20-37)29-3-2-4-31(39)38(29)19-22/h2-14,16,22,25H,15,17-20H2,1H3,(H,35,40)(H,36,41). The van der Waals surface area contributed by atoms with E-state index in [1.165, 1.54) is 24.3 Å². The Bertz CT molecular complexity index is 1680. The van der Waals surface area contributed by atoms with Gasteiger partial charge in [-0.2, -0.15) is 0 Å². The normalized spacial score (nSPS) is 17.2. The number of halogens is 1. The minimum Gasteiger partial charge on any atom is -0.497 e. The first kappa shape index (κ1) is 27.3. The topological polar surface area (TPSA) is 92.7 Å². The van der Waals surface area contributed by atoms with E-state index in [9.17, 15) is 18.8 Å². The third-order valence-electron chi connectivity index (χ3n) is 8.05. The molecule has 0 saturated carbocycles. The van der Waals surface area contributed by atoms with Crippen LogP contribution in [0.4, 0.5) is 15.8 Å². The molecule has 2 atom stereocenters. The molecule has 4 aromatic rings. The second-order valence-electron chi connectivity index (χ2n) is 10.8. The molecule has 214 valence electrons. The number of amides is 2. The minimum absolute atomic E-state index is 0.0212. The molecule has 2 aliphatic heterocycles. The van der Waals surface area contributed by atoms with Gasteiger partial charge in [0.05, 0.1) is 18.5 Å². The van der Waals surface area contributed by atoms with Crippen LogP contribution in [0.1, 0.15) is 44.3 Å². The summed E-state index contributed by atoms with van der Waals surface area (Å²) in [5.74, 6) is 0.0604. The number of piperidine rings is 1. The van der Waals surface area contributed by atoms with Crippen molar-refractivity contribution in [1.29, 1.82) is 0 Å². The molecule has 3 aromatic carbocycles. The van der Waals surface area contributed by atoms with E-state index in [1.807, 2.05) is 41.0 Å². The Hall–Kier alpha value is -4.92. The van der Waals surface area contributed by atoms with Gasteiger partial charge >= 0.3 is 0 Å². The number of nitrogens with zero attached hydrogens (tertiary/aromatic N) is 2. The van der Waals surface area contributed by atoms with E-state index in [-0.39, 0.29) is 23.3 Å². The van der Waals surface area contributed by atoms with Crippen LogP contribution in [-0.4, -0.2) is 36.6 Å². The summed E-state index contributed by atoms with van der Waals surface area (Å²) in [7, 11) is 1.60. The first-order valence-electron chi connectivity index (χ1n) is 13.9. The van der Waals surface area contributed by atoms with Gasteiger partial charge in [-0.3, -0.25) is 14.4 Å². The largest absolute Gasteiger partial charge is 0.497 e. The highest BCUT2D eigenvalue weighted by molar-refractivity contribution is 6.07. The van der Waals surface area contributed by atoms with Crippen LogP contribution >= 0.6 is 0 Å². The summed E-state index contributed by atoms with van der Waals surface area (Å²) in [4.78, 5) is 41.1. The number of pyridine rings is 1. The van der Waals surface area contributed by atoms with Gasteiger partial charge in [-0.15, -0.1) is 0 Å². The van der Waals surface area contributed by atoms with Gasteiger partial charge in [0.25, 0.3) is 17.4 Å². The number of aromatic nitrogens is 1. The van der Waals surface area contributed by atoms with Crippen molar-refractivity contribution >= 4 is 23.2 Å². The van der Waals surface area contributed by atoms with E-state index in [4.69, 9.17) is 4.74 Å². The molecule has 2 bridgehead atoms. The van der Waals surface area contributed by atoms with Crippen molar-refractivity contribution in [2.24, 2.45) is 5.92 Å². The van der Waals surface area contributed by atoms with E-state index in [2.05, 4.69) is 15.5 Å². The second kappa shape index (κ2) is 11.5. The van der Waals surface area contributed by atoms with Crippen molar-refractivity contribution in [3.8, 4) is 5.75 Å². The van der Waals surface area contributed by atoms with E-state index in [0.29, 0.717) is 43.0 Å². The zero-order valence-electron chi connectivity index (χ0n) is 23.2. The molecular weight excluding hydrogens is 535 g/mol. The number of carbonyl (C=O) groups is 2. The van der Waals surface area contributed by atoms with Gasteiger partial charge in [0.2, 0.25) is 0 Å². The zero-order chi connectivity index (χ0) is 29.2. The number of nitrogens with one attached hydrogen (secondary N) is 2. The summed E-state index contributed by atoms with van der Waals surface area (Å²) in [5.41, 5.74) is 3.95. The van der Waals surface area contributed by atoms with Crippen molar-refractivity contribution in [3.05, 3.63) is 123 Å². The minimum atomic E-state index is -0.429. The molecular formula is C33H31FN4O4. The molecule has 2 amide bonds. The Morgan fingerprint density at radius 3 is 2.43 bits per heavy atom. The van der Waals surface area contributed by atoms with Gasteiger partial charge < -0.3 is 24.8 Å². The molecule has 1 saturated heterocycles. The summed E-state index contributed by atoms with van der Waals surface area (Å²) in [6.07, 6.45) is 0.989. The molecule has 9 heteroatoms. The predicted octanol–water partition coefficient (Wildman–Crippen LogP) is 4.80. The summed E-state index contributed by atoms with van der Waals surface area (Å²) in [6, 6.07) is 23.5. The van der Waals surface area contributed by atoms with E-state index in [0.717, 1.165) is 29.1 Å². The van der Waals surface area contributed by atoms with Crippen LogP contribution in [0.3, 0.4) is 0 Å². The number of carbonyl (C=O) groups excluding carboxylic acids is 2. The fraction of sp³-hybridized carbons (Fsp3) is 0.242. The molecule has 2 aliphatic rings. The molecule has 2 unspecified atom stereocenters. The van der Waals surface area contributed by atoms with Crippen LogP contribution in [0.5, 0.6) is 5.75 Å². The maximum atomic E-state index is 13.5. The third kappa shape index (κ3) is 5.63. The molecule has 1 fully saturated rings. The smallest absolute Gasteiger partial charge is 0.255 e. The van der Waals surface area contributed by atoms with E-state index < -0.39 is 11.7 Å². The summed E-state index contributed by atoms with van der Waals surface area (Å²) < 4.78 is 20.6. The van der Waals surface area contributed by atoms with Crippen molar-refractivity contribution in [3.63, 3.8) is 0 Å². The number of ether oxygens (including phenoxy) is 1. The van der Waals surface area contributed by atoms with Crippen LogP contribution in [0.2, 0.25) is 0 Å². The van der Waals surface area contributed by atoms with Gasteiger partial charge in [-0.25, -0.2) is 4.39 Å². The van der Waals surface area contributed by atoms with Crippen molar-refractivity contribution in [2.75, 3.05) is 30.4 Å². The highest BCUT2D eigenvalue weighted by atomic mass is 19.1. The fourth-order valence-corrected chi connectivity index (χ4v) is 5.97. The monoisotopic (exact) mass is 566 g/mol. The zero-order valence-corrected chi connectivity index (χ0v) is 23.2. The van der Waals surface area contributed by atoms with Crippen LogP contribution in [0, 0.1) is 11.7 Å². The molecule has 0 radical (unpaired) electrons. The fourth-order valence-electron chi connectivity index (χ4n) is 5.97. The summed E-state index contributed by atoms with van der Waals surface area (Å²) in [5, 5.41) is 5.91. The SMILES string of the molecule is COc1ccc(CNC(=O)c2ccc(N3CC4CC(C3)c3cccc(=O)n3C4)c(NC(=O)c3ccc(F)cc3)c2)cc1. The van der Waals surface area contributed by atoms with E-state index >= 15 is 0 Å². The molecule has 0 spiro atoms. The Morgan fingerprint density at radius 1 is 0.905 bits per heavy atom. The maximum absolute atomic E-state index is 13.5. The number of fused-ring (bicyclic) bond motifs is 4. The highest BCUT2D eigenvalue weighted by Crippen LogP contribution is 2.39. The predicted molar refractivity (Wildman–Crippen MR) is 159 cm³/mol. The van der Waals surface area contributed by atoms with Crippen LogP contribution in [-0.2, 0) is 13.1 Å². The van der Waals surface area contributed by atoms with Crippen LogP contribution < -0.4 is 25.8 Å². The summed E-state index contributed by atoms with van der Waals surface area (Å²) in [6.45, 7) is 2.35. The van der Waals surface area contributed by atoms with Gasteiger partial charge in [-0.05, 0) is 78.6 Å². The molecule has 8 nitrogen and oxygen atoms in total. The lowest BCUT2D eigenvalue weighted by Gasteiger charge is -2.44. The second-order valence-corrected chi connectivity index (χ2v) is 10.8. The number of methoxy groups -OCH3 is 1. The highest BCUT2D eigenvalue weighted by Gasteiger charge is 2.35. The van der Waals surface area contributed by atoms with Gasteiger partial charge in [-0.1, -0.05) is 18.2 Å². The van der Waals surface area contributed by atoms with Crippen LogP contribution in [0.15, 0.2) is 89.7 Å². The first-order chi connectivity index (χ1) is 20.4. The van der Waals surface area contributed by atoms with Gasteiger partial charge in [0, 0.05) is 55.0 Å². The number of hydrogen-bond acceptors (Lipinski definition) is 5. The average Bonchev–Trinajstić information content (AvgIpc) is 3.01. The molecule has 3 heterocycles. The van der Waals surface area contributed by atoms with E-state index in [1.54, 1.807) is 31.4 Å². The number of rotatable bonds is 7. The van der Waals surface area contributed by atoms with Crippen molar-refractivity contribution < 1.29 is 18.7 Å². The molecule has 0 aliphatic carbocycles. The third-order valence-corrected chi connectivity index (χ3v) is 8.05. The summed E-state index contributed by atoms with van der Waals surface area (Å²) >= 11 is 0. The quantitative estimate of drug-likeness (QED) is 0.335. The molecule has 1 aromatic heterocycles. The lowest BCUT2D eigenvalue weighted by atomic mass is 9.83. The number of anilines is 2. The van der Waals surface area contributed by atoms with Gasteiger partial charge in [0.1, 0.15) is 11.6 Å². The Labute approximate surface area is 242 Å². The Balaban J connectivity index is 1.27. The van der Waals surface area contributed by atoms with Crippen LogP contribution in [0.25, 0.3) is 0 Å².